The van der Waals surface area contributed by atoms with Gasteiger partial charge in [-0.25, -0.2) is 4.98 Å². The second kappa shape index (κ2) is 7.16. The van der Waals surface area contributed by atoms with Gasteiger partial charge in [-0.2, -0.15) is 0 Å². The van der Waals surface area contributed by atoms with Gasteiger partial charge in [0, 0.05) is 19.8 Å². The molecule has 1 amide bonds. The lowest BCUT2D eigenvalue weighted by molar-refractivity contribution is 0.0781. The highest BCUT2D eigenvalue weighted by Gasteiger charge is 2.17. The topological polar surface area (TPSA) is 33.2 Å². The van der Waals surface area contributed by atoms with Gasteiger partial charge in [0.1, 0.15) is 5.03 Å². The molecule has 3 nitrogen and oxygen atoms in total. The molecule has 0 saturated heterocycles. The molecule has 1 aromatic heterocycles. The molecule has 0 radical (unpaired) electrons. The lowest BCUT2D eigenvalue weighted by Gasteiger charge is -2.19. The maximum atomic E-state index is 12.5. The third-order valence-corrected chi connectivity index (χ3v) is 4.55. The quantitative estimate of drug-likeness (QED) is 0.774. The molecule has 110 valence electrons. The molecule has 1 heterocycles. The number of hydrogen-bond acceptors (Lipinski definition) is 3. The molecule has 21 heavy (non-hydrogen) atoms. The normalized spacial score (nSPS) is 10.5. The Bertz CT molecular complexity index is 664. The first-order valence-corrected chi connectivity index (χ1v) is 8.20. The number of carbonyl (C=O) groups excluding carboxylic acids is 1. The van der Waals surface area contributed by atoms with E-state index in [0.29, 0.717) is 27.2 Å². The highest BCUT2D eigenvalue weighted by molar-refractivity contribution is 7.98. The molecule has 0 aliphatic heterocycles. The van der Waals surface area contributed by atoms with Gasteiger partial charge in [0.2, 0.25) is 0 Å². The van der Waals surface area contributed by atoms with Crippen LogP contribution in [0.4, 0.5) is 0 Å². The minimum Gasteiger partial charge on any atom is -0.337 e. The number of hydrogen-bond donors (Lipinski definition) is 0. The van der Waals surface area contributed by atoms with Crippen LogP contribution in [0.25, 0.3) is 0 Å². The zero-order valence-electron chi connectivity index (χ0n) is 11.6. The van der Waals surface area contributed by atoms with E-state index in [9.17, 15) is 4.79 Å². The van der Waals surface area contributed by atoms with Crippen molar-refractivity contribution in [2.75, 3.05) is 13.3 Å². The van der Waals surface area contributed by atoms with E-state index in [0.717, 1.165) is 5.56 Å². The van der Waals surface area contributed by atoms with Gasteiger partial charge in [-0.1, -0.05) is 35.3 Å². The Kier molecular flexibility index (Phi) is 5.51. The average molecular weight is 341 g/mol. The van der Waals surface area contributed by atoms with E-state index in [1.165, 1.54) is 11.8 Å². The predicted octanol–water partition coefficient (Wildman–Crippen LogP) is 4.38. The van der Waals surface area contributed by atoms with Crippen molar-refractivity contribution in [3.05, 3.63) is 57.7 Å². The average Bonchev–Trinajstić information content (AvgIpc) is 2.51. The third kappa shape index (κ3) is 3.70. The van der Waals surface area contributed by atoms with Crippen molar-refractivity contribution in [2.45, 2.75) is 11.6 Å². The summed E-state index contributed by atoms with van der Waals surface area (Å²) in [5.74, 6) is -0.0940. The standard InChI is InChI=1S/C15H14Cl2N2OS/c1-19(9-10-5-3-7-12(16)13(10)17)15(20)11-6-4-8-18-14(11)21-2/h3-8H,9H2,1-2H3. The lowest BCUT2D eigenvalue weighted by Crippen LogP contribution is -2.27. The van der Waals surface area contributed by atoms with E-state index < -0.39 is 0 Å². The highest BCUT2D eigenvalue weighted by atomic mass is 35.5. The number of pyridine rings is 1. The first-order valence-electron chi connectivity index (χ1n) is 6.22. The zero-order valence-corrected chi connectivity index (χ0v) is 14.0. The van der Waals surface area contributed by atoms with Gasteiger partial charge >= 0.3 is 0 Å². The van der Waals surface area contributed by atoms with Crippen LogP contribution in [0, 0.1) is 0 Å². The lowest BCUT2D eigenvalue weighted by atomic mass is 10.2. The Labute approximate surface area is 138 Å². The van der Waals surface area contributed by atoms with Gasteiger partial charge in [-0.3, -0.25) is 4.79 Å². The fourth-order valence-electron chi connectivity index (χ4n) is 1.92. The molecular weight excluding hydrogens is 327 g/mol. The number of nitrogens with zero attached hydrogens (tertiary/aromatic N) is 2. The number of thioether (sulfide) groups is 1. The fraction of sp³-hybridized carbons (Fsp3) is 0.200. The maximum absolute atomic E-state index is 12.5. The Balaban J connectivity index is 2.22. The number of aromatic nitrogens is 1. The van der Waals surface area contributed by atoms with Crippen molar-refractivity contribution < 1.29 is 4.79 Å². The largest absolute Gasteiger partial charge is 0.337 e. The van der Waals surface area contributed by atoms with E-state index in [-0.39, 0.29) is 5.91 Å². The van der Waals surface area contributed by atoms with E-state index in [4.69, 9.17) is 23.2 Å². The number of amides is 1. The van der Waals surface area contributed by atoms with Crippen molar-refractivity contribution in [3.63, 3.8) is 0 Å². The summed E-state index contributed by atoms with van der Waals surface area (Å²) in [5, 5.41) is 1.68. The van der Waals surface area contributed by atoms with Gasteiger partial charge in [0.05, 0.1) is 15.6 Å². The van der Waals surface area contributed by atoms with Crippen molar-refractivity contribution in [1.29, 1.82) is 0 Å². The summed E-state index contributed by atoms with van der Waals surface area (Å²) in [6, 6.07) is 8.93. The minimum absolute atomic E-state index is 0.0940. The molecule has 2 rings (SSSR count). The molecule has 1 aromatic carbocycles. The Morgan fingerprint density at radius 1 is 1.29 bits per heavy atom. The van der Waals surface area contributed by atoms with Crippen LogP contribution in [0.1, 0.15) is 15.9 Å². The van der Waals surface area contributed by atoms with Crippen molar-refractivity contribution in [1.82, 2.24) is 9.88 Å². The molecule has 0 aliphatic rings. The van der Waals surface area contributed by atoms with Gasteiger partial charge in [-0.05, 0) is 30.0 Å². The molecule has 0 bridgehead atoms. The van der Waals surface area contributed by atoms with Gasteiger partial charge < -0.3 is 4.90 Å². The summed E-state index contributed by atoms with van der Waals surface area (Å²) >= 11 is 13.6. The zero-order chi connectivity index (χ0) is 15.4. The van der Waals surface area contributed by atoms with Crippen molar-refractivity contribution in [2.24, 2.45) is 0 Å². The molecule has 0 spiro atoms. The number of carbonyl (C=O) groups is 1. The second-order valence-corrected chi connectivity index (χ2v) is 6.01. The highest BCUT2D eigenvalue weighted by Crippen LogP contribution is 2.27. The number of halogens is 2. The SMILES string of the molecule is CSc1ncccc1C(=O)N(C)Cc1cccc(Cl)c1Cl. The maximum Gasteiger partial charge on any atom is 0.256 e. The Hall–Kier alpha value is -1.23. The third-order valence-electron chi connectivity index (χ3n) is 2.98. The first-order chi connectivity index (χ1) is 10.0. The van der Waals surface area contributed by atoms with Gasteiger partial charge in [0.25, 0.3) is 5.91 Å². The predicted molar refractivity (Wildman–Crippen MR) is 88.3 cm³/mol. The van der Waals surface area contributed by atoms with Crippen LogP contribution in [-0.4, -0.2) is 29.1 Å². The van der Waals surface area contributed by atoms with E-state index in [2.05, 4.69) is 4.98 Å². The van der Waals surface area contributed by atoms with Crippen molar-refractivity contribution >= 4 is 40.9 Å². The molecule has 0 saturated carbocycles. The summed E-state index contributed by atoms with van der Waals surface area (Å²) < 4.78 is 0. The molecular formula is C15H14Cl2N2OS. The summed E-state index contributed by atoms with van der Waals surface area (Å²) in [7, 11) is 1.73. The second-order valence-electron chi connectivity index (χ2n) is 4.43. The molecule has 6 heteroatoms. The fourth-order valence-corrected chi connectivity index (χ4v) is 2.84. The first kappa shape index (κ1) is 16.1. The molecule has 0 unspecified atom stereocenters. The molecule has 0 atom stereocenters. The van der Waals surface area contributed by atoms with Crippen LogP contribution in [0.2, 0.25) is 10.0 Å². The van der Waals surface area contributed by atoms with Crippen LogP contribution in [0.5, 0.6) is 0 Å². The smallest absolute Gasteiger partial charge is 0.256 e. The molecule has 0 fully saturated rings. The summed E-state index contributed by atoms with van der Waals surface area (Å²) in [4.78, 5) is 18.3. The summed E-state index contributed by atoms with van der Waals surface area (Å²) in [6.45, 7) is 0.390. The van der Waals surface area contributed by atoms with Crippen molar-refractivity contribution in [3.8, 4) is 0 Å². The number of rotatable bonds is 4. The Morgan fingerprint density at radius 2 is 2.05 bits per heavy atom. The summed E-state index contributed by atoms with van der Waals surface area (Å²) in [5.41, 5.74) is 1.40. The van der Waals surface area contributed by atoms with Crippen LogP contribution in [0.3, 0.4) is 0 Å². The van der Waals surface area contributed by atoms with Gasteiger partial charge in [0.15, 0.2) is 0 Å². The Morgan fingerprint density at radius 3 is 2.76 bits per heavy atom. The van der Waals surface area contributed by atoms with Gasteiger partial charge in [-0.15, -0.1) is 11.8 Å². The minimum atomic E-state index is -0.0940. The summed E-state index contributed by atoms with van der Waals surface area (Å²) in [6.07, 6.45) is 3.57. The molecule has 0 N–H and O–H groups in total. The van der Waals surface area contributed by atoms with E-state index >= 15 is 0 Å². The molecule has 0 aliphatic carbocycles. The van der Waals surface area contributed by atoms with Crippen LogP contribution in [0.15, 0.2) is 41.6 Å². The monoisotopic (exact) mass is 340 g/mol. The van der Waals surface area contributed by atoms with E-state index in [1.54, 1.807) is 36.3 Å². The van der Waals surface area contributed by atoms with E-state index in [1.807, 2.05) is 18.4 Å². The van der Waals surface area contributed by atoms with Crippen LogP contribution >= 0.6 is 35.0 Å². The van der Waals surface area contributed by atoms with Crippen LogP contribution < -0.4 is 0 Å². The molecule has 2 aromatic rings. The van der Waals surface area contributed by atoms with Crippen LogP contribution in [-0.2, 0) is 6.54 Å². The number of benzene rings is 1.